The van der Waals surface area contributed by atoms with E-state index in [1.807, 2.05) is 50.2 Å². The first-order valence-electron chi connectivity index (χ1n) is 16.2. The Balaban J connectivity index is 1.47. The van der Waals surface area contributed by atoms with Crippen LogP contribution in [0.4, 0.5) is 0 Å². The summed E-state index contributed by atoms with van der Waals surface area (Å²) in [4.78, 5) is 23.0. The van der Waals surface area contributed by atoms with Crippen molar-refractivity contribution in [3.8, 4) is 34.1 Å². The number of phenols is 2. The van der Waals surface area contributed by atoms with Gasteiger partial charge in [0.05, 0.1) is 23.3 Å². The second-order valence-electron chi connectivity index (χ2n) is 12.9. The molecule has 0 amide bonds. The molecule has 0 spiro atoms. The van der Waals surface area contributed by atoms with E-state index < -0.39 is 36.2 Å². The molecule has 0 fully saturated rings. The molecule has 4 aromatic carbocycles. The number of carboxylic acids is 2. The Bertz CT molecular complexity index is 1820. The fourth-order valence-electron chi connectivity index (χ4n) is 5.23. The van der Waals surface area contributed by atoms with Crippen LogP contribution in [0, 0.1) is 13.8 Å². The molecule has 0 aliphatic rings. The first kappa shape index (κ1) is 40.2. The van der Waals surface area contributed by atoms with Crippen LogP contribution in [0.3, 0.4) is 0 Å². The maximum Gasteiger partial charge on any atom is 0.326 e. The highest BCUT2D eigenvalue weighted by Crippen LogP contribution is 2.36. The Kier molecular flexibility index (Phi) is 13.0. The molecule has 8 N–H and O–H groups in total. The zero-order valence-corrected chi connectivity index (χ0v) is 30.6. The van der Waals surface area contributed by atoms with Gasteiger partial charge in [-0.3, -0.25) is 20.2 Å². The molecule has 278 valence electrons. The quantitative estimate of drug-likeness (QED) is 0.0656. The van der Waals surface area contributed by atoms with Crippen molar-refractivity contribution in [3.63, 3.8) is 0 Å². The van der Waals surface area contributed by atoms with Gasteiger partial charge in [-0.15, -0.1) is 0 Å². The maximum atomic E-state index is 11.5. The largest absolute Gasteiger partial charge is 0.507 e. The number of rotatable bonds is 17. The lowest BCUT2D eigenvalue weighted by Gasteiger charge is -2.24. The molecule has 0 saturated heterocycles. The summed E-state index contributed by atoms with van der Waals surface area (Å²) in [5.41, 5.74) is 3.07. The zero-order valence-electron chi connectivity index (χ0n) is 29.1. The summed E-state index contributed by atoms with van der Waals surface area (Å²) in [6.07, 6.45) is 0. The van der Waals surface area contributed by atoms with Gasteiger partial charge in [-0.05, 0) is 73.2 Å². The number of halogens is 2. The van der Waals surface area contributed by atoms with E-state index in [2.05, 4.69) is 10.6 Å². The summed E-state index contributed by atoms with van der Waals surface area (Å²) in [5.74, 6) is -2.29. The number of aliphatic hydroxyl groups excluding tert-OH is 2. The van der Waals surface area contributed by atoms with Crippen molar-refractivity contribution in [2.45, 2.75) is 65.1 Å². The standard InChI is InChI=1S/C38H42Cl2N2O10/c1-21-23(17-51-33-13-31(45)25(11-29(33)39)15-41-37(3,19-43)35(47)48)7-5-9-27(21)28-10-6-8-24(22(28)2)18-52-34-14-32(46)26(12-30(34)40)16-42-38(4,20-44)36(49)50/h5-14,41-46H,15-20H2,1-4H3,(H,47,48)(H,49,50)/t37-,38?/m0/s1. The van der Waals surface area contributed by atoms with E-state index >= 15 is 0 Å². The Labute approximate surface area is 311 Å². The molecular weight excluding hydrogens is 715 g/mol. The lowest BCUT2D eigenvalue weighted by atomic mass is 9.92. The molecule has 0 radical (unpaired) electrons. The summed E-state index contributed by atoms with van der Waals surface area (Å²) in [6.45, 7) is 5.50. The van der Waals surface area contributed by atoms with Gasteiger partial charge in [-0.25, -0.2) is 0 Å². The predicted octanol–water partition coefficient (Wildman–Crippen LogP) is 5.70. The monoisotopic (exact) mass is 756 g/mol. The van der Waals surface area contributed by atoms with Crippen LogP contribution in [0.5, 0.6) is 23.0 Å². The van der Waals surface area contributed by atoms with Crippen molar-refractivity contribution in [2.24, 2.45) is 0 Å². The predicted molar refractivity (Wildman–Crippen MR) is 196 cm³/mol. The lowest BCUT2D eigenvalue weighted by molar-refractivity contribution is -0.146. The zero-order chi connectivity index (χ0) is 38.4. The SMILES string of the molecule is Cc1c(COc2cc(O)c(CNC(C)(CO)C(=O)O)cc2Cl)cccc1-c1cccc(COc2cc(O)c(CN[C@@](C)(CO)C(=O)O)cc2Cl)c1C. The van der Waals surface area contributed by atoms with Gasteiger partial charge in [0, 0.05) is 36.3 Å². The van der Waals surface area contributed by atoms with Gasteiger partial charge in [-0.1, -0.05) is 59.6 Å². The Hall–Kier alpha value is -4.56. The van der Waals surface area contributed by atoms with Gasteiger partial charge < -0.3 is 40.1 Å². The van der Waals surface area contributed by atoms with E-state index in [-0.39, 0.29) is 59.3 Å². The van der Waals surface area contributed by atoms with Crippen molar-refractivity contribution in [1.29, 1.82) is 0 Å². The van der Waals surface area contributed by atoms with E-state index in [4.69, 9.17) is 32.7 Å². The van der Waals surface area contributed by atoms with Crippen LogP contribution in [-0.4, -0.2) is 66.9 Å². The van der Waals surface area contributed by atoms with Crippen LogP contribution in [0.1, 0.15) is 47.2 Å². The second-order valence-corrected chi connectivity index (χ2v) is 13.7. The van der Waals surface area contributed by atoms with E-state index in [1.54, 1.807) is 0 Å². The first-order valence-corrected chi connectivity index (χ1v) is 16.9. The number of ether oxygens (including phenoxy) is 2. The molecule has 52 heavy (non-hydrogen) atoms. The molecule has 0 aliphatic carbocycles. The number of carbonyl (C=O) groups is 2. The topological polar surface area (TPSA) is 198 Å². The number of hydrogen-bond donors (Lipinski definition) is 8. The number of aliphatic carboxylic acids is 2. The van der Waals surface area contributed by atoms with Gasteiger partial charge in [0.15, 0.2) is 0 Å². The minimum absolute atomic E-state index is 0.0544. The number of aliphatic hydroxyl groups is 2. The first-order chi connectivity index (χ1) is 24.5. The lowest BCUT2D eigenvalue weighted by Crippen LogP contribution is -2.52. The van der Waals surface area contributed by atoms with E-state index in [1.165, 1.54) is 38.1 Å². The van der Waals surface area contributed by atoms with E-state index in [0.717, 1.165) is 33.4 Å². The van der Waals surface area contributed by atoms with Crippen LogP contribution >= 0.6 is 23.2 Å². The smallest absolute Gasteiger partial charge is 0.326 e. The number of nitrogens with one attached hydrogen (secondary N) is 2. The molecule has 0 heterocycles. The average molecular weight is 758 g/mol. The van der Waals surface area contributed by atoms with Crippen LogP contribution in [0.15, 0.2) is 60.7 Å². The average Bonchev–Trinajstić information content (AvgIpc) is 3.11. The van der Waals surface area contributed by atoms with E-state index in [9.17, 15) is 40.2 Å². The van der Waals surface area contributed by atoms with Crippen molar-refractivity contribution >= 4 is 35.1 Å². The molecular formula is C38H42Cl2N2O10. The van der Waals surface area contributed by atoms with Crippen molar-refractivity contribution < 1.29 is 49.7 Å². The van der Waals surface area contributed by atoms with Gasteiger partial charge >= 0.3 is 11.9 Å². The normalized spacial score (nSPS) is 13.6. The van der Waals surface area contributed by atoms with Crippen molar-refractivity contribution in [2.75, 3.05) is 13.2 Å². The minimum atomic E-state index is -1.60. The van der Waals surface area contributed by atoms with Gasteiger partial charge in [0.1, 0.15) is 47.3 Å². The van der Waals surface area contributed by atoms with Crippen LogP contribution in [-0.2, 0) is 35.9 Å². The Morgan fingerprint density at radius 1 is 0.654 bits per heavy atom. The third-order valence-corrected chi connectivity index (χ3v) is 9.72. The summed E-state index contributed by atoms with van der Waals surface area (Å²) in [6, 6.07) is 17.4. The Morgan fingerprint density at radius 3 is 1.35 bits per heavy atom. The summed E-state index contributed by atoms with van der Waals surface area (Å²) >= 11 is 12.9. The highest BCUT2D eigenvalue weighted by atomic mass is 35.5. The number of phenolic OH excluding ortho intramolecular Hbond substituents is 2. The number of benzene rings is 4. The molecule has 0 aromatic heterocycles. The summed E-state index contributed by atoms with van der Waals surface area (Å²) in [5, 5.41) is 64.8. The molecule has 4 aromatic rings. The summed E-state index contributed by atoms with van der Waals surface area (Å²) in [7, 11) is 0. The molecule has 2 atom stereocenters. The van der Waals surface area contributed by atoms with Crippen LogP contribution < -0.4 is 20.1 Å². The molecule has 0 saturated carbocycles. The molecule has 12 nitrogen and oxygen atoms in total. The molecule has 0 bridgehead atoms. The van der Waals surface area contributed by atoms with Gasteiger partial charge in [0.25, 0.3) is 0 Å². The highest BCUT2D eigenvalue weighted by molar-refractivity contribution is 6.32. The van der Waals surface area contributed by atoms with Crippen molar-refractivity contribution in [1.82, 2.24) is 10.6 Å². The third-order valence-electron chi connectivity index (χ3n) is 9.13. The van der Waals surface area contributed by atoms with Gasteiger partial charge in [0.2, 0.25) is 0 Å². The second kappa shape index (κ2) is 16.8. The fourth-order valence-corrected chi connectivity index (χ4v) is 5.71. The Morgan fingerprint density at radius 2 is 1.02 bits per heavy atom. The third kappa shape index (κ3) is 9.08. The number of carboxylic acid groups (broad SMARTS) is 2. The van der Waals surface area contributed by atoms with Gasteiger partial charge in [-0.2, -0.15) is 0 Å². The van der Waals surface area contributed by atoms with Crippen LogP contribution in [0.2, 0.25) is 10.0 Å². The molecule has 4 rings (SSSR count). The number of hydrogen-bond acceptors (Lipinski definition) is 10. The fraction of sp³-hybridized carbons (Fsp3) is 0.316. The molecule has 0 aliphatic heterocycles. The maximum absolute atomic E-state index is 11.5. The molecule has 14 heteroatoms. The van der Waals surface area contributed by atoms with Crippen LogP contribution in [0.25, 0.3) is 11.1 Å². The summed E-state index contributed by atoms with van der Waals surface area (Å²) < 4.78 is 12.0. The molecule has 1 unspecified atom stereocenters. The highest BCUT2D eigenvalue weighted by Gasteiger charge is 2.33. The number of aromatic hydroxyl groups is 2. The minimum Gasteiger partial charge on any atom is -0.507 e. The van der Waals surface area contributed by atoms with E-state index in [0.29, 0.717) is 11.1 Å². The van der Waals surface area contributed by atoms with Crippen molar-refractivity contribution in [3.05, 3.63) is 104 Å².